The molecule has 1 aromatic carbocycles. The quantitative estimate of drug-likeness (QED) is 0.562. The standard InChI is InChI=1S/C11H14ClN5/c12-8-3-4-10(9(13)6-8)14-5-1-2-11-15-7-16-17-11/h3-4,6-7,14H,1-2,5,13H2,(H,15,16,17). The third kappa shape index (κ3) is 3.35. The summed E-state index contributed by atoms with van der Waals surface area (Å²) in [6.45, 7) is 0.826. The second kappa shape index (κ2) is 5.54. The normalized spacial score (nSPS) is 10.4. The van der Waals surface area contributed by atoms with Gasteiger partial charge in [-0.3, -0.25) is 5.10 Å². The van der Waals surface area contributed by atoms with Crippen LogP contribution < -0.4 is 11.1 Å². The number of aryl methyl sites for hydroxylation is 1. The molecule has 2 rings (SSSR count). The second-order valence-corrected chi connectivity index (χ2v) is 4.13. The van der Waals surface area contributed by atoms with E-state index >= 15 is 0 Å². The summed E-state index contributed by atoms with van der Waals surface area (Å²) in [6, 6.07) is 5.43. The molecule has 0 bridgehead atoms. The number of hydrogen-bond acceptors (Lipinski definition) is 4. The van der Waals surface area contributed by atoms with E-state index in [-0.39, 0.29) is 0 Å². The largest absolute Gasteiger partial charge is 0.397 e. The number of nitrogens with two attached hydrogens (primary N) is 1. The molecule has 0 unspecified atom stereocenters. The summed E-state index contributed by atoms with van der Waals surface area (Å²) in [5.74, 6) is 0.899. The van der Waals surface area contributed by atoms with Crippen molar-refractivity contribution in [2.45, 2.75) is 12.8 Å². The van der Waals surface area contributed by atoms with Crippen molar-refractivity contribution in [3.8, 4) is 0 Å². The molecule has 0 aliphatic rings. The van der Waals surface area contributed by atoms with Crippen molar-refractivity contribution in [3.05, 3.63) is 35.4 Å². The molecule has 0 fully saturated rings. The molecule has 0 amide bonds. The zero-order chi connectivity index (χ0) is 12.1. The summed E-state index contributed by atoms with van der Waals surface area (Å²) in [5.41, 5.74) is 7.40. The highest BCUT2D eigenvalue weighted by atomic mass is 35.5. The third-order valence-corrected chi connectivity index (χ3v) is 2.62. The van der Waals surface area contributed by atoms with Crippen LogP contribution in [0.3, 0.4) is 0 Å². The molecule has 0 saturated heterocycles. The number of nitrogen functional groups attached to an aromatic ring is 1. The smallest absolute Gasteiger partial charge is 0.137 e. The first-order valence-corrected chi connectivity index (χ1v) is 5.76. The monoisotopic (exact) mass is 251 g/mol. The highest BCUT2D eigenvalue weighted by molar-refractivity contribution is 6.31. The first-order valence-electron chi connectivity index (χ1n) is 5.39. The summed E-state index contributed by atoms with van der Waals surface area (Å²) in [6.07, 6.45) is 3.33. The van der Waals surface area contributed by atoms with Crippen LogP contribution in [0, 0.1) is 0 Å². The fourth-order valence-electron chi connectivity index (χ4n) is 1.52. The van der Waals surface area contributed by atoms with Crippen LogP contribution in [0.15, 0.2) is 24.5 Å². The second-order valence-electron chi connectivity index (χ2n) is 3.69. The molecule has 0 atom stereocenters. The van der Waals surface area contributed by atoms with E-state index in [1.807, 2.05) is 12.1 Å². The molecule has 1 heterocycles. The number of aromatic nitrogens is 3. The maximum Gasteiger partial charge on any atom is 0.137 e. The maximum absolute atomic E-state index is 5.82. The highest BCUT2D eigenvalue weighted by Crippen LogP contribution is 2.22. The number of rotatable bonds is 5. The van der Waals surface area contributed by atoms with E-state index in [1.165, 1.54) is 6.33 Å². The number of aromatic amines is 1. The lowest BCUT2D eigenvalue weighted by atomic mass is 10.2. The van der Waals surface area contributed by atoms with Gasteiger partial charge in [0.2, 0.25) is 0 Å². The van der Waals surface area contributed by atoms with E-state index in [4.69, 9.17) is 17.3 Å². The minimum Gasteiger partial charge on any atom is -0.397 e. The number of nitrogens with one attached hydrogen (secondary N) is 2. The van der Waals surface area contributed by atoms with E-state index in [0.29, 0.717) is 10.7 Å². The van der Waals surface area contributed by atoms with Gasteiger partial charge in [-0.05, 0) is 24.6 Å². The van der Waals surface area contributed by atoms with Crippen molar-refractivity contribution in [3.63, 3.8) is 0 Å². The number of nitrogens with zero attached hydrogens (tertiary/aromatic N) is 2. The minimum atomic E-state index is 0.648. The predicted octanol–water partition coefficient (Wildman–Crippen LogP) is 2.08. The van der Waals surface area contributed by atoms with Gasteiger partial charge in [-0.25, -0.2) is 4.98 Å². The fourth-order valence-corrected chi connectivity index (χ4v) is 1.71. The Morgan fingerprint density at radius 1 is 1.41 bits per heavy atom. The third-order valence-electron chi connectivity index (χ3n) is 2.38. The van der Waals surface area contributed by atoms with E-state index in [0.717, 1.165) is 30.9 Å². The van der Waals surface area contributed by atoms with Gasteiger partial charge in [0, 0.05) is 18.0 Å². The molecular formula is C11H14ClN5. The first-order chi connectivity index (χ1) is 8.25. The van der Waals surface area contributed by atoms with Crippen LogP contribution in [0.5, 0.6) is 0 Å². The van der Waals surface area contributed by atoms with E-state index < -0.39 is 0 Å². The fraction of sp³-hybridized carbons (Fsp3) is 0.273. The highest BCUT2D eigenvalue weighted by Gasteiger charge is 2.00. The molecule has 6 heteroatoms. The number of hydrogen-bond donors (Lipinski definition) is 3. The van der Waals surface area contributed by atoms with E-state index in [1.54, 1.807) is 6.07 Å². The van der Waals surface area contributed by atoms with Crippen LogP contribution in [0.4, 0.5) is 11.4 Å². The Morgan fingerprint density at radius 3 is 3.00 bits per heavy atom. The zero-order valence-corrected chi connectivity index (χ0v) is 10.0. The summed E-state index contributed by atoms with van der Waals surface area (Å²) in [4.78, 5) is 4.05. The van der Waals surface area contributed by atoms with E-state index in [9.17, 15) is 0 Å². The molecule has 0 aliphatic heterocycles. The molecule has 5 nitrogen and oxygen atoms in total. The summed E-state index contributed by atoms with van der Waals surface area (Å²) < 4.78 is 0. The van der Waals surface area contributed by atoms with Crippen LogP contribution in [0.2, 0.25) is 5.02 Å². The van der Waals surface area contributed by atoms with Crippen molar-refractivity contribution in [2.24, 2.45) is 0 Å². The Bertz CT molecular complexity index is 469. The first kappa shape index (κ1) is 11.7. The van der Waals surface area contributed by atoms with Crippen molar-refractivity contribution in [2.75, 3.05) is 17.6 Å². The van der Waals surface area contributed by atoms with Gasteiger partial charge >= 0.3 is 0 Å². The van der Waals surface area contributed by atoms with Gasteiger partial charge in [0.15, 0.2) is 0 Å². The number of H-pyrrole nitrogens is 1. The minimum absolute atomic E-state index is 0.648. The topological polar surface area (TPSA) is 79.6 Å². The molecule has 0 aliphatic carbocycles. The molecule has 4 N–H and O–H groups in total. The van der Waals surface area contributed by atoms with Gasteiger partial charge < -0.3 is 11.1 Å². The summed E-state index contributed by atoms with van der Waals surface area (Å²) >= 11 is 5.82. The van der Waals surface area contributed by atoms with Crippen LogP contribution in [-0.4, -0.2) is 21.7 Å². The Labute approximate surface area is 104 Å². The number of benzene rings is 1. The average molecular weight is 252 g/mol. The van der Waals surface area contributed by atoms with Crippen LogP contribution in [-0.2, 0) is 6.42 Å². The van der Waals surface area contributed by atoms with Gasteiger partial charge in [-0.15, -0.1) is 0 Å². The molecule has 1 aromatic heterocycles. The molecule has 90 valence electrons. The summed E-state index contributed by atoms with van der Waals surface area (Å²) in [7, 11) is 0. The van der Waals surface area contributed by atoms with Crippen LogP contribution in [0.25, 0.3) is 0 Å². The van der Waals surface area contributed by atoms with Crippen molar-refractivity contribution in [1.29, 1.82) is 0 Å². The predicted molar refractivity (Wildman–Crippen MR) is 69.1 cm³/mol. The zero-order valence-electron chi connectivity index (χ0n) is 9.28. The number of halogens is 1. The van der Waals surface area contributed by atoms with E-state index in [2.05, 4.69) is 20.5 Å². The average Bonchev–Trinajstić information content (AvgIpc) is 2.79. The molecule has 2 aromatic rings. The Hall–Kier alpha value is -1.75. The van der Waals surface area contributed by atoms with Crippen molar-refractivity contribution in [1.82, 2.24) is 15.2 Å². The van der Waals surface area contributed by atoms with Crippen LogP contribution in [0.1, 0.15) is 12.2 Å². The maximum atomic E-state index is 5.82. The van der Waals surface area contributed by atoms with Gasteiger partial charge in [0.25, 0.3) is 0 Å². The SMILES string of the molecule is Nc1cc(Cl)ccc1NCCCc1ncn[nH]1. The van der Waals surface area contributed by atoms with Gasteiger partial charge in [0.1, 0.15) is 12.2 Å². The Balaban J connectivity index is 1.78. The Morgan fingerprint density at radius 2 is 2.29 bits per heavy atom. The summed E-state index contributed by atoms with van der Waals surface area (Å²) in [5, 5.41) is 10.5. The van der Waals surface area contributed by atoms with Crippen LogP contribution >= 0.6 is 11.6 Å². The van der Waals surface area contributed by atoms with Crippen molar-refractivity contribution < 1.29 is 0 Å². The molecular weight excluding hydrogens is 238 g/mol. The Kier molecular flexibility index (Phi) is 3.82. The lowest BCUT2D eigenvalue weighted by molar-refractivity contribution is 0.806. The molecule has 0 radical (unpaired) electrons. The molecule has 0 spiro atoms. The van der Waals surface area contributed by atoms with Gasteiger partial charge in [0.05, 0.1) is 11.4 Å². The number of anilines is 2. The molecule has 0 saturated carbocycles. The van der Waals surface area contributed by atoms with Gasteiger partial charge in [-0.2, -0.15) is 5.10 Å². The molecule has 17 heavy (non-hydrogen) atoms. The lowest BCUT2D eigenvalue weighted by Gasteiger charge is -2.08. The van der Waals surface area contributed by atoms with Gasteiger partial charge in [-0.1, -0.05) is 11.6 Å². The lowest BCUT2D eigenvalue weighted by Crippen LogP contribution is -2.05. The van der Waals surface area contributed by atoms with Crippen molar-refractivity contribution >= 4 is 23.0 Å².